The van der Waals surface area contributed by atoms with Gasteiger partial charge < -0.3 is 15.4 Å². The Kier molecular flexibility index (Phi) is 7.02. The van der Waals surface area contributed by atoms with E-state index in [1.807, 2.05) is 39.0 Å². The predicted octanol–water partition coefficient (Wildman–Crippen LogP) is 4.39. The van der Waals surface area contributed by atoms with E-state index in [0.717, 1.165) is 22.7 Å². The number of anilines is 2. The van der Waals surface area contributed by atoms with Crippen molar-refractivity contribution in [1.29, 1.82) is 0 Å². The molecule has 1 heterocycles. The maximum absolute atomic E-state index is 12.1. The van der Waals surface area contributed by atoms with Crippen molar-refractivity contribution in [2.45, 2.75) is 33.3 Å². The zero-order chi connectivity index (χ0) is 17.5. The molecule has 0 fully saturated rings. The zero-order valence-corrected chi connectivity index (χ0v) is 15.6. The van der Waals surface area contributed by atoms with Crippen LogP contribution < -0.4 is 10.6 Å². The molecule has 0 bridgehead atoms. The highest BCUT2D eigenvalue weighted by atomic mass is 35.5. The third-order valence-corrected chi connectivity index (χ3v) is 4.39. The predicted molar refractivity (Wildman–Crippen MR) is 99.6 cm³/mol. The third kappa shape index (κ3) is 5.78. The number of aromatic nitrogens is 1. The lowest BCUT2D eigenvalue weighted by molar-refractivity contribution is 0.0756. The summed E-state index contributed by atoms with van der Waals surface area (Å²) in [6.45, 7) is 7.13. The molecule has 0 saturated heterocycles. The van der Waals surface area contributed by atoms with Gasteiger partial charge in [0.25, 0.3) is 5.91 Å². The van der Waals surface area contributed by atoms with Crippen LogP contribution in [0.25, 0.3) is 0 Å². The molecular weight excluding hydrogens is 346 g/mol. The summed E-state index contributed by atoms with van der Waals surface area (Å²) in [5.74, 6) is -0.170. The van der Waals surface area contributed by atoms with Crippen LogP contribution in [0.4, 0.5) is 10.8 Å². The Morgan fingerprint density at radius 3 is 2.92 bits per heavy atom. The first kappa shape index (κ1) is 18.7. The van der Waals surface area contributed by atoms with Crippen molar-refractivity contribution >= 4 is 39.7 Å². The molecule has 5 nitrogen and oxygen atoms in total. The SMILES string of the molecule is Cc1cc(Nc2nc(C(=O)NCCCOC(C)C)cs2)ccc1Cl. The Morgan fingerprint density at radius 1 is 1.42 bits per heavy atom. The lowest BCUT2D eigenvalue weighted by Gasteiger charge is -2.07. The van der Waals surface area contributed by atoms with Gasteiger partial charge in [-0.05, 0) is 51.0 Å². The lowest BCUT2D eigenvalue weighted by Crippen LogP contribution is -2.25. The smallest absolute Gasteiger partial charge is 0.270 e. The van der Waals surface area contributed by atoms with E-state index in [4.69, 9.17) is 16.3 Å². The Labute approximate surface area is 151 Å². The van der Waals surface area contributed by atoms with E-state index < -0.39 is 0 Å². The summed E-state index contributed by atoms with van der Waals surface area (Å²) in [7, 11) is 0. The number of benzene rings is 1. The molecule has 0 saturated carbocycles. The standard InChI is InChI=1S/C17H22ClN3O2S/c1-11(2)23-8-4-7-19-16(22)15-10-24-17(21-15)20-13-5-6-14(18)12(3)9-13/h5-6,9-11H,4,7-8H2,1-3H3,(H,19,22)(H,20,21). The molecule has 0 radical (unpaired) electrons. The van der Waals surface area contributed by atoms with E-state index in [-0.39, 0.29) is 12.0 Å². The van der Waals surface area contributed by atoms with Crippen LogP contribution in [0.3, 0.4) is 0 Å². The van der Waals surface area contributed by atoms with Gasteiger partial charge in [0.15, 0.2) is 5.13 Å². The van der Waals surface area contributed by atoms with Crippen molar-refractivity contribution in [2.75, 3.05) is 18.5 Å². The number of rotatable bonds is 8. The molecule has 24 heavy (non-hydrogen) atoms. The normalized spacial score (nSPS) is 10.9. The second-order valence-corrected chi connectivity index (χ2v) is 6.92. The Bertz CT molecular complexity index is 688. The van der Waals surface area contributed by atoms with E-state index in [9.17, 15) is 4.79 Å². The number of carbonyl (C=O) groups is 1. The average molecular weight is 368 g/mol. The van der Waals surface area contributed by atoms with Gasteiger partial charge in [0, 0.05) is 29.2 Å². The van der Waals surface area contributed by atoms with Crippen LogP contribution in [0.15, 0.2) is 23.6 Å². The number of halogens is 1. The first-order chi connectivity index (χ1) is 11.5. The number of carbonyl (C=O) groups excluding carboxylic acids is 1. The number of hydrogen-bond donors (Lipinski definition) is 2. The number of ether oxygens (including phenoxy) is 1. The largest absolute Gasteiger partial charge is 0.379 e. The molecule has 7 heteroatoms. The first-order valence-electron chi connectivity index (χ1n) is 7.84. The number of amides is 1. The molecule has 0 spiro atoms. The molecule has 1 amide bonds. The molecule has 2 rings (SSSR count). The Balaban J connectivity index is 1.83. The Morgan fingerprint density at radius 2 is 2.21 bits per heavy atom. The summed E-state index contributed by atoms with van der Waals surface area (Å²) < 4.78 is 5.43. The van der Waals surface area contributed by atoms with E-state index in [1.165, 1.54) is 11.3 Å². The third-order valence-electron chi connectivity index (χ3n) is 3.20. The minimum atomic E-state index is -0.170. The van der Waals surface area contributed by atoms with Crippen molar-refractivity contribution in [1.82, 2.24) is 10.3 Å². The highest BCUT2D eigenvalue weighted by Gasteiger charge is 2.10. The molecule has 0 unspecified atom stereocenters. The fraction of sp³-hybridized carbons (Fsp3) is 0.412. The summed E-state index contributed by atoms with van der Waals surface area (Å²) in [5, 5.41) is 9.17. The van der Waals surface area contributed by atoms with Crippen molar-refractivity contribution in [3.8, 4) is 0 Å². The van der Waals surface area contributed by atoms with E-state index in [0.29, 0.717) is 24.0 Å². The highest BCUT2D eigenvalue weighted by Crippen LogP contribution is 2.24. The lowest BCUT2D eigenvalue weighted by atomic mass is 10.2. The number of nitrogens with zero attached hydrogens (tertiary/aromatic N) is 1. The van der Waals surface area contributed by atoms with Crippen LogP contribution in [0.2, 0.25) is 5.02 Å². The average Bonchev–Trinajstić information content (AvgIpc) is 2.99. The van der Waals surface area contributed by atoms with Crippen molar-refractivity contribution < 1.29 is 9.53 Å². The van der Waals surface area contributed by atoms with E-state index >= 15 is 0 Å². The van der Waals surface area contributed by atoms with Gasteiger partial charge in [0.2, 0.25) is 0 Å². The van der Waals surface area contributed by atoms with Crippen LogP contribution in [0.5, 0.6) is 0 Å². The highest BCUT2D eigenvalue weighted by molar-refractivity contribution is 7.14. The summed E-state index contributed by atoms with van der Waals surface area (Å²) in [6.07, 6.45) is 0.993. The molecule has 1 aromatic heterocycles. The van der Waals surface area contributed by atoms with Gasteiger partial charge in [0.1, 0.15) is 5.69 Å². The quantitative estimate of drug-likeness (QED) is 0.679. The summed E-state index contributed by atoms with van der Waals surface area (Å²) in [4.78, 5) is 16.4. The Hall–Kier alpha value is -1.63. The maximum atomic E-state index is 12.1. The van der Waals surface area contributed by atoms with Gasteiger partial charge in [-0.15, -0.1) is 11.3 Å². The van der Waals surface area contributed by atoms with Gasteiger partial charge in [-0.25, -0.2) is 4.98 Å². The fourth-order valence-electron chi connectivity index (χ4n) is 1.97. The summed E-state index contributed by atoms with van der Waals surface area (Å²) in [5.41, 5.74) is 2.29. The van der Waals surface area contributed by atoms with Gasteiger partial charge in [-0.3, -0.25) is 4.79 Å². The second-order valence-electron chi connectivity index (χ2n) is 5.66. The molecule has 0 aliphatic heterocycles. The summed E-state index contributed by atoms with van der Waals surface area (Å²) in [6, 6.07) is 5.66. The topological polar surface area (TPSA) is 63.2 Å². The fourth-order valence-corrected chi connectivity index (χ4v) is 2.79. The van der Waals surface area contributed by atoms with Crippen LogP contribution in [-0.2, 0) is 4.74 Å². The minimum Gasteiger partial charge on any atom is -0.379 e. The van der Waals surface area contributed by atoms with Crippen LogP contribution in [-0.4, -0.2) is 30.1 Å². The van der Waals surface area contributed by atoms with Crippen molar-refractivity contribution in [3.63, 3.8) is 0 Å². The molecule has 2 aromatic rings. The molecule has 0 aliphatic rings. The second kappa shape index (κ2) is 9.01. The molecule has 130 valence electrons. The summed E-state index contributed by atoms with van der Waals surface area (Å²) >= 11 is 7.40. The van der Waals surface area contributed by atoms with Crippen LogP contribution in [0.1, 0.15) is 36.3 Å². The maximum Gasteiger partial charge on any atom is 0.270 e. The molecule has 0 aliphatic carbocycles. The van der Waals surface area contributed by atoms with Gasteiger partial charge in [0.05, 0.1) is 6.10 Å². The number of thiazole rings is 1. The van der Waals surface area contributed by atoms with Gasteiger partial charge >= 0.3 is 0 Å². The number of aryl methyl sites for hydroxylation is 1. The van der Waals surface area contributed by atoms with Gasteiger partial charge in [-0.2, -0.15) is 0 Å². The first-order valence-corrected chi connectivity index (χ1v) is 9.10. The van der Waals surface area contributed by atoms with Crippen molar-refractivity contribution in [3.05, 3.63) is 39.9 Å². The van der Waals surface area contributed by atoms with E-state index in [1.54, 1.807) is 5.38 Å². The molecular formula is C17H22ClN3O2S. The molecule has 0 atom stereocenters. The van der Waals surface area contributed by atoms with Crippen LogP contribution in [0, 0.1) is 6.92 Å². The van der Waals surface area contributed by atoms with Crippen molar-refractivity contribution in [2.24, 2.45) is 0 Å². The van der Waals surface area contributed by atoms with E-state index in [2.05, 4.69) is 15.6 Å². The molecule has 2 N–H and O–H groups in total. The zero-order valence-electron chi connectivity index (χ0n) is 14.1. The van der Waals surface area contributed by atoms with Gasteiger partial charge in [-0.1, -0.05) is 11.6 Å². The minimum absolute atomic E-state index is 0.170. The number of hydrogen-bond acceptors (Lipinski definition) is 5. The monoisotopic (exact) mass is 367 g/mol. The number of nitrogens with one attached hydrogen (secondary N) is 2. The van der Waals surface area contributed by atoms with Crippen LogP contribution >= 0.6 is 22.9 Å². The molecule has 1 aromatic carbocycles.